The van der Waals surface area contributed by atoms with Gasteiger partial charge in [0, 0.05) is 30.8 Å². The molecule has 0 bridgehead atoms. The summed E-state index contributed by atoms with van der Waals surface area (Å²) in [4.78, 5) is 39.6. The van der Waals surface area contributed by atoms with Crippen LogP contribution in [0.3, 0.4) is 0 Å². The zero-order valence-electron chi connectivity index (χ0n) is 23.0. The number of aromatic nitrogens is 2. The Morgan fingerprint density at radius 2 is 1.86 bits per heavy atom. The van der Waals surface area contributed by atoms with Crippen molar-refractivity contribution in [1.82, 2.24) is 30.2 Å². The number of nitrogens with two attached hydrogens (primary N) is 2. The van der Waals surface area contributed by atoms with Crippen molar-refractivity contribution >= 4 is 51.0 Å². The fourth-order valence-corrected chi connectivity index (χ4v) is 6.04. The summed E-state index contributed by atoms with van der Waals surface area (Å²) in [5, 5.41) is 5.70. The molecule has 2 aliphatic rings. The lowest BCUT2D eigenvalue weighted by Crippen LogP contribution is -2.57. The molecule has 7 N–H and O–H groups in total. The van der Waals surface area contributed by atoms with Gasteiger partial charge in [-0.05, 0) is 49.6 Å². The van der Waals surface area contributed by atoms with E-state index in [9.17, 15) is 22.4 Å². The molecular weight excluding hydrogens is 601 g/mol. The molecule has 2 amide bonds. The molecule has 3 aromatic rings. The molecule has 5 rings (SSSR count). The number of likely N-dealkylation sites (tertiary alicyclic amines) is 1. The van der Waals surface area contributed by atoms with E-state index in [2.05, 4.69) is 30.3 Å². The number of hydrogen-bond acceptors (Lipinski definition) is 10. The molecule has 0 radical (unpaired) electrons. The molecule has 2 aromatic carbocycles. The van der Waals surface area contributed by atoms with Gasteiger partial charge >= 0.3 is 0 Å². The van der Waals surface area contributed by atoms with Crippen LogP contribution in [0.25, 0.3) is 0 Å². The van der Waals surface area contributed by atoms with Gasteiger partial charge in [-0.25, -0.2) is 27.5 Å². The maximum atomic E-state index is 14.2. The van der Waals surface area contributed by atoms with E-state index < -0.39 is 27.3 Å². The second kappa shape index (κ2) is 11.7. The predicted molar refractivity (Wildman–Crippen MR) is 158 cm³/mol. The van der Waals surface area contributed by atoms with E-state index in [0.717, 1.165) is 5.56 Å². The summed E-state index contributed by atoms with van der Waals surface area (Å²) < 4.78 is 42.4. The highest BCUT2D eigenvalue weighted by Crippen LogP contribution is 2.27. The number of aryl methyl sites for hydroxylation is 1. The minimum Gasteiger partial charge on any atom is -0.382 e. The molecule has 0 atom stereocenters. The number of sulfonamides is 1. The third-order valence-electron chi connectivity index (χ3n) is 7.34. The van der Waals surface area contributed by atoms with Crippen LogP contribution in [-0.4, -0.2) is 66.2 Å². The van der Waals surface area contributed by atoms with Crippen LogP contribution in [0.5, 0.6) is 0 Å². The normalized spacial score (nSPS) is 16.1. The van der Waals surface area contributed by atoms with Crippen molar-refractivity contribution in [2.75, 3.05) is 31.1 Å². The summed E-state index contributed by atoms with van der Waals surface area (Å²) in [6, 6.07) is 10.3. The molecule has 1 spiro atoms. The number of aliphatic imine (C=N–C) groups is 1. The van der Waals surface area contributed by atoms with Crippen LogP contribution in [-0.2, 0) is 16.6 Å². The van der Waals surface area contributed by atoms with Crippen molar-refractivity contribution in [2.45, 2.75) is 36.7 Å². The van der Waals surface area contributed by atoms with E-state index in [1.54, 1.807) is 24.0 Å². The summed E-state index contributed by atoms with van der Waals surface area (Å²) in [5.74, 6) is -1.51. The van der Waals surface area contributed by atoms with E-state index in [0.29, 0.717) is 32.5 Å². The number of rotatable bonds is 6. The number of anilines is 2. The zero-order chi connectivity index (χ0) is 30.9. The summed E-state index contributed by atoms with van der Waals surface area (Å²) in [7, 11) is -4.01. The Kier molecular flexibility index (Phi) is 8.23. The monoisotopic (exact) mass is 629 g/mol. The highest BCUT2D eigenvalue weighted by molar-refractivity contribution is 7.89. The molecule has 0 saturated carbocycles. The number of benzene rings is 2. The van der Waals surface area contributed by atoms with Crippen LogP contribution >= 0.6 is 11.6 Å². The second-order valence-electron chi connectivity index (χ2n) is 10.4. The molecule has 1 saturated heterocycles. The lowest BCUT2D eigenvalue weighted by atomic mass is 9.88. The van der Waals surface area contributed by atoms with E-state index >= 15 is 0 Å². The van der Waals surface area contributed by atoms with Gasteiger partial charge in [0.2, 0.25) is 10.0 Å². The van der Waals surface area contributed by atoms with Crippen LogP contribution < -0.4 is 26.8 Å². The standard InChI is InChI=1S/C27H29ClFN9O4S/c1-15-5-6-17(19(29)11-15)13-33-43(41,42)18-4-2-3-16(12-18)25(40)38-9-7-27(8-10-38)14-32-26(37-27)36-24(39)20-22(30)35-23(31)21(28)34-20/h2-6,11-12,33H,7-10,13-14H2,1H3,(H4,30,31,35)(H2,32,36,37,39). The first-order valence-electron chi connectivity index (χ1n) is 13.2. The molecule has 0 aliphatic carbocycles. The van der Waals surface area contributed by atoms with Crippen molar-refractivity contribution in [3.8, 4) is 0 Å². The lowest BCUT2D eigenvalue weighted by molar-refractivity contribution is 0.0668. The van der Waals surface area contributed by atoms with E-state index in [-0.39, 0.29) is 56.9 Å². The van der Waals surface area contributed by atoms with Crippen LogP contribution in [0.2, 0.25) is 5.15 Å². The number of carbonyl (C=O) groups is 2. The van der Waals surface area contributed by atoms with Gasteiger partial charge < -0.3 is 21.7 Å². The third-order valence-corrected chi connectivity index (χ3v) is 9.01. The van der Waals surface area contributed by atoms with Crippen molar-refractivity contribution in [1.29, 1.82) is 0 Å². The number of carbonyl (C=O) groups excluding carboxylic acids is 2. The quantitative estimate of drug-likeness (QED) is 0.269. The summed E-state index contributed by atoms with van der Waals surface area (Å²) in [6.07, 6.45) is 1.05. The molecular formula is C27H29ClFN9O4S. The Bertz CT molecular complexity index is 1740. The van der Waals surface area contributed by atoms with Gasteiger partial charge in [0.1, 0.15) is 5.82 Å². The second-order valence-corrected chi connectivity index (χ2v) is 12.5. The first kappa shape index (κ1) is 30.1. The number of hydrogen-bond donors (Lipinski definition) is 5. The molecule has 226 valence electrons. The van der Waals surface area contributed by atoms with Gasteiger partial charge in [0.25, 0.3) is 11.8 Å². The Morgan fingerprint density at radius 1 is 1.12 bits per heavy atom. The first-order chi connectivity index (χ1) is 20.4. The Morgan fingerprint density at radius 3 is 2.58 bits per heavy atom. The molecule has 13 nitrogen and oxygen atoms in total. The van der Waals surface area contributed by atoms with Crippen molar-refractivity contribution < 1.29 is 22.4 Å². The molecule has 1 aromatic heterocycles. The molecule has 3 heterocycles. The fourth-order valence-electron chi connectivity index (χ4n) is 4.86. The molecule has 1 fully saturated rings. The molecule has 43 heavy (non-hydrogen) atoms. The average Bonchev–Trinajstić information content (AvgIpc) is 3.35. The smallest absolute Gasteiger partial charge is 0.280 e. The number of nitrogens with one attached hydrogen (secondary N) is 3. The van der Waals surface area contributed by atoms with E-state index in [1.807, 2.05) is 0 Å². The van der Waals surface area contributed by atoms with Crippen molar-refractivity contribution in [3.05, 3.63) is 75.8 Å². The topological polar surface area (TPSA) is 198 Å². The first-order valence-corrected chi connectivity index (χ1v) is 15.1. The zero-order valence-corrected chi connectivity index (χ0v) is 24.6. The maximum Gasteiger partial charge on any atom is 0.280 e. The lowest BCUT2D eigenvalue weighted by Gasteiger charge is -2.39. The number of nitrogen functional groups attached to an aromatic ring is 2. The van der Waals surface area contributed by atoms with Crippen LogP contribution in [0.15, 0.2) is 52.4 Å². The summed E-state index contributed by atoms with van der Waals surface area (Å²) in [6.45, 7) is 2.62. The van der Waals surface area contributed by atoms with Crippen LogP contribution in [0.1, 0.15) is 44.8 Å². The SMILES string of the molecule is Cc1ccc(CNS(=O)(=O)c2cccc(C(=O)N3CCC4(CC3)CN=C(NC(=O)c3nc(Cl)c(N)nc3N)N4)c2)c(F)c1. The van der Waals surface area contributed by atoms with Gasteiger partial charge in [0.05, 0.1) is 17.0 Å². The molecule has 0 unspecified atom stereocenters. The van der Waals surface area contributed by atoms with Gasteiger partial charge in [-0.15, -0.1) is 0 Å². The van der Waals surface area contributed by atoms with Crippen LogP contribution in [0.4, 0.5) is 16.0 Å². The minimum atomic E-state index is -4.01. The number of nitrogens with zero attached hydrogens (tertiary/aromatic N) is 4. The average molecular weight is 630 g/mol. The third kappa shape index (κ3) is 6.53. The van der Waals surface area contributed by atoms with E-state index in [4.69, 9.17) is 23.1 Å². The Hall–Kier alpha value is -4.34. The van der Waals surface area contributed by atoms with E-state index in [1.165, 1.54) is 30.3 Å². The number of piperidine rings is 1. The van der Waals surface area contributed by atoms with Gasteiger partial charge in [0.15, 0.2) is 28.4 Å². The van der Waals surface area contributed by atoms with Crippen molar-refractivity contribution in [2.24, 2.45) is 4.99 Å². The Labute approximate surface area is 252 Å². The number of halogens is 2. The summed E-state index contributed by atoms with van der Waals surface area (Å²) in [5.41, 5.74) is 11.8. The van der Waals surface area contributed by atoms with Crippen LogP contribution in [0, 0.1) is 12.7 Å². The number of amides is 2. The minimum absolute atomic E-state index is 0.0906. The van der Waals surface area contributed by atoms with Gasteiger partial charge in [-0.2, -0.15) is 0 Å². The van der Waals surface area contributed by atoms with Gasteiger partial charge in [-0.3, -0.25) is 19.9 Å². The Balaban J connectivity index is 1.17. The molecule has 2 aliphatic heterocycles. The largest absolute Gasteiger partial charge is 0.382 e. The highest BCUT2D eigenvalue weighted by Gasteiger charge is 2.40. The predicted octanol–water partition coefficient (Wildman–Crippen LogP) is 1.58. The van der Waals surface area contributed by atoms with Gasteiger partial charge in [-0.1, -0.05) is 29.8 Å². The van der Waals surface area contributed by atoms with Crippen molar-refractivity contribution in [3.63, 3.8) is 0 Å². The number of guanidine groups is 1. The maximum absolute atomic E-state index is 14.2. The summed E-state index contributed by atoms with van der Waals surface area (Å²) >= 11 is 5.87. The molecule has 16 heteroatoms. The fraction of sp³-hybridized carbons (Fsp3) is 0.296. The highest BCUT2D eigenvalue weighted by atomic mass is 35.5.